The van der Waals surface area contributed by atoms with E-state index in [4.69, 9.17) is 21.1 Å². The van der Waals surface area contributed by atoms with Gasteiger partial charge in [-0.2, -0.15) is 0 Å². The third-order valence-corrected chi connectivity index (χ3v) is 9.28. The number of rotatable bonds is 13. The number of benzene rings is 3. The number of fused-ring (bicyclic) bond motifs is 1. The lowest BCUT2D eigenvalue weighted by atomic mass is 10.0. The maximum atomic E-state index is 14.3. The van der Waals surface area contributed by atoms with Crippen molar-refractivity contribution in [2.75, 3.05) is 29.8 Å². The number of ether oxygens (including phenoxy) is 2. The van der Waals surface area contributed by atoms with E-state index in [2.05, 4.69) is 5.32 Å². The molecule has 11 heteroatoms. The molecule has 2 amide bonds. The first-order valence-electron chi connectivity index (χ1n) is 14.4. The molecule has 4 rings (SSSR count). The molecule has 0 spiro atoms. The third kappa shape index (κ3) is 8.42. The van der Waals surface area contributed by atoms with Crippen molar-refractivity contribution in [1.29, 1.82) is 0 Å². The largest absolute Gasteiger partial charge is 0.486 e. The number of carbonyl (C=O) groups is 2. The molecule has 0 bridgehead atoms. The second kappa shape index (κ2) is 14.6. The third-order valence-electron chi connectivity index (χ3n) is 7.31. The predicted molar refractivity (Wildman–Crippen MR) is 168 cm³/mol. The average molecular weight is 628 g/mol. The summed E-state index contributed by atoms with van der Waals surface area (Å²) in [5.74, 6) is -0.184. The number of hydrogen-bond acceptors (Lipinski definition) is 6. The second-order valence-electron chi connectivity index (χ2n) is 10.4. The van der Waals surface area contributed by atoms with E-state index in [9.17, 15) is 18.0 Å². The molecule has 2 atom stereocenters. The molecule has 230 valence electrons. The molecule has 0 aromatic heterocycles. The van der Waals surface area contributed by atoms with Crippen molar-refractivity contribution in [2.45, 2.75) is 52.2 Å². The predicted octanol–water partition coefficient (Wildman–Crippen LogP) is 4.82. The fraction of sp³-hybridized carbons (Fsp3) is 0.375. The molecule has 1 heterocycles. The van der Waals surface area contributed by atoms with E-state index in [1.165, 1.54) is 11.8 Å². The van der Waals surface area contributed by atoms with Gasteiger partial charge in [-0.05, 0) is 55.7 Å². The summed E-state index contributed by atoms with van der Waals surface area (Å²) < 4.78 is 39.1. The van der Waals surface area contributed by atoms with Crippen LogP contribution in [0.4, 0.5) is 5.69 Å². The van der Waals surface area contributed by atoms with E-state index in [1.807, 2.05) is 50.2 Å². The summed E-state index contributed by atoms with van der Waals surface area (Å²) >= 11 is 6.28. The molecule has 1 aliphatic heterocycles. The standard InChI is InChI=1S/C32H38ClN3O6S/c1-4-23(3)34-32(38)28(19-24-10-7-6-8-11-24)35(21-25-12-9-13-26(33)18-25)31(37)22-36(43(39,40)5-2)27-14-15-29-30(20-27)42-17-16-41-29/h6-15,18,20,23,28H,4-5,16-17,19,21-22H2,1-3H3,(H,34,38). The van der Waals surface area contributed by atoms with E-state index in [0.717, 1.165) is 9.87 Å². The van der Waals surface area contributed by atoms with E-state index in [1.54, 1.807) is 36.4 Å². The maximum absolute atomic E-state index is 14.3. The zero-order valence-corrected chi connectivity index (χ0v) is 26.2. The van der Waals surface area contributed by atoms with Gasteiger partial charge in [-0.3, -0.25) is 13.9 Å². The number of nitrogens with one attached hydrogen (secondary N) is 1. The zero-order chi connectivity index (χ0) is 31.0. The van der Waals surface area contributed by atoms with Gasteiger partial charge in [-0.1, -0.05) is 61.0 Å². The second-order valence-corrected chi connectivity index (χ2v) is 13.0. The Balaban J connectivity index is 1.75. The van der Waals surface area contributed by atoms with Crippen LogP contribution in [-0.4, -0.2) is 62.7 Å². The van der Waals surface area contributed by atoms with Crippen LogP contribution in [0.15, 0.2) is 72.8 Å². The quantitative estimate of drug-likeness (QED) is 0.291. The van der Waals surface area contributed by atoms with Crippen molar-refractivity contribution in [1.82, 2.24) is 10.2 Å². The molecule has 0 saturated heterocycles. The summed E-state index contributed by atoms with van der Waals surface area (Å²) in [6, 6.07) is 20.2. The lowest BCUT2D eigenvalue weighted by Gasteiger charge is -2.34. The Kier molecular flexibility index (Phi) is 10.9. The maximum Gasteiger partial charge on any atom is 0.244 e. The highest BCUT2D eigenvalue weighted by Gasteiger charge is 2.34. The molecular formula is C32H38ClN3O6S. The SMILES string of the molecule is CCC(C)NC(=O)C(Cc1ccccc1)N(Cc1cccc(Cl)c1)C(=O)CN(c1ccc2c(c1)OCCO2)S(=O)(=O)CC. The normalized spacial score (nSPS) is 14.0. The van der Waals surface area contributed by atoms with Crippen molar-refractivity contribution < 1.29 is 27.5 Å². The molecular weight excluding hydrogens is 590 g/mol. The van der Waals surface area contributed by atoms with Crippen LogP contribution in [-0.2, 0) is 32.6 Å². The van der Waals surface area contributed by atoms with Crippen LogP contribution in [0.5, 0.6) is 11.5 Å². The number of nitrogens with zero attached hydrogens (tertiary/aromatic N) is 2. The van der Waals surface area contributed by atoms with Crippen LogP contribution >= 0.6 is 11.6 Å². The Labute approximate surface area is 258 Å². The molecule has 3 aromatic carbocycles. The molecule has 1 N–H and O–H groups in total. The first kappa shape index (κ1) is 32.2. The summed E-state index contributed by atoms with van der Waals surface area (Å²) in [5.41, 5.74) is 1.84. The Hall–Kier alpha value is -3.76. The molecule has 0 radical (unpaired) electrons. The van der Waals surface area contributed by atoms with Gasteiger partial charge in [0, 0.05) is 30.1 Å². The number of hydrogen-bond donors (Lipinski definition) is 1. The van der Waals surface area contributed by atoms with Crippen molar-refractivity contribution >= 4 is 39.1 Å². The average Bonchev–Trinajstić information content (AvgIpc) is 3.01. The topological polar surface area (TPSA) is 105 Å². The van der Waals surface area contributed by atoms with Gasteiger partial charge in [0.05, 0.1) is 11.4 Å². The minimum Gasteiger partial charge on any atom is -0.486 e. The summed E-state index contributed by atoms with van der Waals surface area (Å²) in [4.78, 5) is 29.6. The van der Waals surface area contributed by atoms with E-state index < -0.39 is 28.5 Å². The number of carbonyl (C=O) groups excluding carboxylic acids is 2. The Bertz CT molecular complexity index is 1520. The van der Waals surface area contributed by atoms with Crippen molar-refractivity contribution in [3.63, 3.8) is 0 Å². The number of halogens is 1. The Morgan fingerprint density at radius 3 is 2.30 bits per heavy atom. The molecule has 3 aromatic rings. The fourth-order valence-electron chi connectivity index (χ4n) is 4.73. The van der Waals surface area contributed by atoms with Gasteiger partial charge in [0.15, 0.2) is 11.5 Å². The van der Waals surface area contributed by atoms with Crippen LogP contribution in [0.1, 0.15) is 38.3 Å². The van der Waals surface area contributed by atoms with E-state index in [0.29, 0.717) is 41.7 Å². The molecule has 43 heavy (non-hydrogen) atoms. The number of amides is 2. The molecule has 0 saturated carbocycles. The van der Waals surface area contributed by atoms with Gasteiger partial charge in [0.1, 0.15) is 25.8 Å². The van der Waals surface area contributed by atoms with Gasteiger partial charge in [-0.25, -0.2) is 8.42 Å². The van der Waals surface area contributed by atoms with Crippen molar-refractivity contribution in [3.8, 4) is 11.5 Å². The number of sulfonamides is 1. The van der Waals surface area contributed by atoms with Gasteiger partial charge >= 0.3 is 0 Å². The molecule has 1 aliphatic rings. The van der Waals surface area contributed by atoms with Gasteiger partial charge in [-0.15, -0.1) is 0 Å². The van der Waals surface area contributed by atoms with Crippen molar-refractivity contribution in [3.05, 3.63) is 88.9 Å². The minimum atomic E-state index is -3.91. The first-order valence-corrected chi connectivity index (χ1v) is 16.4. The lowest BCUT2D eigenvalue weighted by molar-refractivity contribution is -0.140. The molecule has 0 fully saturated rings. The van der Waals surface area contributed by atoms with Crippen LogP contribution in [0.3, 0.4) is 0 Å². The van der Waals surface area contributed by atoms with Crippen LogP contribution < -0.4 is 19.1 Å². The highest BCUT2D eigenvalue weighted by atomic mass is 35.5. The number of anilines is 1. The Morgan fingerprint density at radius 1 is 0.930 bits per heavy atom. The fourth-order valence-corrected chi connectivity index (χ4v) is 6.00. The van der Waals surface area contributed by atoms with Crippen molar-refractivity contribution in [2.24, 2.45) is 0 Å². The van der Waals surface area contributed by atoms with Crippen LogP contribution in [0.2, 0.25) is 5.02 Å². The first-order chi connectivity index (χ1) is 20.6. The van der Waals surface area contributed by atoms with E-state index in [-0.39, 0.29) is 36.4 Å². The highest BCUT2D eigenvalue weighted by molar-refractivity contribution is 7.92. The lowest BCUT2D eigenvalue weighted by Crippen LogP contribution is -2.54. The van der Waals surface area contributed by atoms with Gasteiger partial charge in [0.25, 0.3) is 0 Å². The minimum absolute atomic E-state index is 0.0476. The van der Waals surface area contributed by atoms with Crippen LogP contribution in [0.25, 0.3) is 0 Å². The summed E-state index contributed by atoms with van der Waals surface area (Å²) in [6.07, 6.45) is 0.943. The molecule has 9 nitrogen and oxygen atoms in total. The van der Waals surface area contributed by atoms with Gasteiger partial charge in [0.2, 0.25) is 21.8 Å². The Morgan fingerprint density at radius 2 is 1.63 bits per heavy atom. The van der Waals surface area contributed by atoms with E-state index >= 15 is 0 Å². The molecule has 0 aliphatic carbocycles. The smallest absolute Gasteiger partial charge is 0.244 e. The summed E-state index contributed by atoms with van der Waals surface area (Å²) in [7, 11) is -3.91. The highest BCUT2D eigenvalue weighted by Crippen LogP contribution is 2.35. The summed E-state index contributed by atoms with van der Waals surface area (Å²) in [6.45, 7) is 5.64. The zero-order valence-electron chi connectivity index (χ0n) is 24.7. The van der Waals surface area contributed by atoms with Gasteiger partial charge < -0.3 is 19.7 Å². The van der Waals surface area contributed by atoms with Crippen LogP contribution in [0, 0.1) is 0 Å². The monoisotopic (exact) mass is 627 g/mol. The summed E-state index contributed by atoms with van der Waals surface area (Å²) in [5, 5.41) is 3.51. The molecule has 2 unspecified atom stereocenters.